The Kier molecular flexibility index (Phi) is 9.82. The number of benzene rings is 3. The third-order valence-electron chi connectivity index (χ3n) is 5.72. The van der Waals surface area contributed by atoms with Crippen LogP contribution >= 0.6 is 23.1 Å². The smallest absolute Gasteiger partial charge is 0.341 e. The molecule has 0 fully saturated rings. The molecule has 2 amide bonds. The van der Waals surface area contributed by atoms with E-state index in [0.29, 0.717) is 38.9 Å². The SMILES string of the molecule is CCOC(=O)c1c(-c2ccccc2)csc1NC(=O)CSc1cccc(NC(=O)c2ccc(OC)c(OC)c2)c1. The number of hydrogen-bond acceptors (Lipinski definition) is 8. The van der Waals surface area contributed by atoms with E-state index in [0.717, 1.165) is 10.5 Å². The van der Waals surface area contributed by atoms with Gasteiger partial charge in [0.1, 0.15) is 10.6 Å². The first kappa shape index (κ1) is 28.7. The second-order valence-corrected chi connectivity index (χ2v) is 10.3. The van der Waals surface area contributed by atoms with Crippen LogP contribution in [0.2, 0.25) is 0 Å². The van der Waals surface area contributed by atoms with Crippen LogP contribution < -0.4 is 20.1 Å². The molecule has 206 valence electrons. The molecule has 3 aromatic carbocycles. The van der Waals surface area contributed by atoms with Crippen LogP contribution in [0, 0.1) is 0 Å². The van der Waals surface area contributed by atoms with E-state index in [9.17, 15) is 14.4 Å². The molecule has 40 heavy (non-hydrogen) atoms. The molecule has 0 radical (unpaired) electrons. The number of anilines is 2. The number of nitrogens with one attached hydrogen (secondary N) is 2. The van der Waals surface area contributed by atoms with Crippen LogP contribution in [0.25, 0.3) is 11.1 Å². The number of rotatable bonds is 11. The summed E-state index contributed by atoms with van der Waals surface area (Å²) in [4.78, 5) is 39.2. The quantitative estimate of drug-likeness (QED) is 0.153. The predicted octanol–water partition coefficient (Wildman–Crippen LogP) is 6.59. The molecule has 0 aliphatic carbocycles. The summed E-state index contributed by atoms with van der Waals surface area (Å²) >= 11 is 2.59. The van der Waals surface area contributed by atoms with E-state index >= 15 is 0 Å². The van der Waals surface area contributed by atoms with Crippen LogP contribution in [0.5, 0.6) is 11.5 Å². The second kappa shape index (κ2) is 13.7. The Morgan fingerprint density at radius 2 is 1.65 bits per heavy atom. The maximum Gasteiger partial charge on any atom is 0.341 e. The highest BCUT2D eigenvalue weighted by Crippen LogP contribution is 2.36. The van der Waals surface area contributed by atoms with Crippen molar-refractivity contribution in [1.82, 2.24) is 0 Å². The monoisotopic (exact) mass is 576 g/mol. The Morgan fingerprint density at radius 1 is 0.875 bits per heavy atom. The van der Waals surface area contributed by atoms with Crippen molar-refractivity contribution >= 4 is 51.6 Å². The summed E-state index contributed by atoms with van der Waals surface area (Å²) in [5.74, 6) is 0.0372. The number of hydrogen-bond donors (Lipinski definition) is 2. The van der Waals surface area contributed by atoms with Gasteiger partial charge in [-0.15, -0.1) is 23.1 Å². The number of esters is 1. The summed E-state index contributed by atoms with van der Waals surface area (Å²) in [6.45, 7) is 1.97. The van der Waals surface area contributed by atoms with E-state index in [1.165, 1.54) is 37.3 Å². The summed E-state index contributed by atoms with van der Waals surface area (Å²) in [5.41, 5.74) is 2.92. The highest BCUT2D eigenvalue weighted by molar-refractivity contribution is 8.00. The average Bonchev–Trinajstić information content (AvgIpc) is 3.40. The summed E-state index contributed by atoms with van der Waals surface area (Å²) in [6, 6.07) is 21.6. The van der Waals surface area contributed by atoms with Crippen molar-refractivity contribution in [3.63, 3.8) is 0 Å². The Hall–Kier alpha value is -4.28. The van der Waals surface area contributed by atoms with Crippen molar-refractivity contribution in [3.05, 3.63) is 89.3 Å². The van der Waals surface area contributed by atoms with Gasteiger partial charge in [0.2, 0.25) is 5.91 Å². The minimum atomic E-state index is -0.483. The molecule has 2 N–H and O–H groups in total. The lowest BCUT2D eigenvalue weighted by Crippen LogP contribution is -2.16. The largest absolute Gasteiger partial charge is 0.493 e. The van der Waals surface area contributed by atoms with Crippen molar-refractivity contribution in [2.45, 2.75) is 11.8 Å². The van der Waals surface area contributed by atoms with Crippen molar-refractivity contribution in [1.29, 1.82) is 0 Å². The molecule has 1 aromatic heterocycles. The fourth-order valence-electron chi connectivity index (χ4n) is 3.84. The van der Waals surface area contributed by atoms with Crippen LogP contribution in [0.15, 0.2) is 83.1 Å². The van der Waals surface area contributed by atoms with Gasteiger partial charge in [0, 0.05) is 27.1 Å². The topological polar surface area (TPSA) is 103 Å². The van der Waals surface area contributed by atoms with E-state index in [1.54, 1.807) is 43.3 Å². The van der Waals surface area contributed by atoms with Gasteiger partial charge in [-0.2, -0.15) is 0 Å². The summed E-state index contributed by atoms with van der Waals surface area (Å²) < 4.78 is 15.8. The molecule has 0 unspecified atom stereocenters. The highest BCUT2D eigenvalue weighted by atomic mass is 32.2. The van der Waals surface area contributed by atoms with E-state index < -0.39 is 5.97 Å². The Morgan fingerprint density at radius 3 is 2.38 bits per heavy atom. The van der Waals surface area contributed by atoms with E-state index in [2.05, 4.69) is 10.6 Å². The standard InChI is InChI=1S/C30H28N2O6S2/c1-4-38-30(35)27-23(19-9-6-5-7-10-19)17-40-29(27)32-26(33)18-39-22-12-8-11-21(16-22)31-28(34)20-13-14-24(36-2)25(15-20)37-3/h5-17H,4,18H2,1-3H3,(H,31,34)(H,32,33). The van der Waals surface area contributed by atoms with Crippen LogP contribution in [0.3, 0.4) is 0 Å². The maximum absolute atomic E-state index is 12.9. The number of thiophene rings is 1. The lowest BCUT2D eigenvalue weighted by Gasteiger charge is -2.11. The van der Waals surface area contributed by atoms with Crippen LogP contribution in [-0.2, 0) is 9.53 Å². The lowest BCUT2D eigenvalue weighted by atomic mass is 10.0. The van der Waals surface area contributed by atoms with Gasteiger partial charge in [0.05, 0.1) is 26.6 Å². The lowest BCUT2D eigenvalue weighted by molar-refractivity contribution is -0.113. The molecule has 0 aliphatic rings. The first-order valence-electron chi connectivity index (χ1n) is 12.3. The van der Waals surface area contributed by atoms with Crippen molar-refractivity contribution in [2.75, 3.05) is 37.2 Å². The zero-order chi connectivity index (χ0) is 28.5. The number of thioether (sulfide) groups is 1. The van der Waals surface area contributed by atoms with Crippen LogP contribution in [-0.4, -0.2) is 44.4 Å². The zero-order valence-corrected chi connectivity index (χ0v) is 23.8. The van der Waals surface area contributed by atoms with E-state index in [4.69, 9.17) is 14.2 Å². The van der Waals surface area contributed by atoms with Crippen LogP contribution in [0.1, 0.15) is 27.6 Å². The first-order chi connectivity index (χ1) is 19.4. The van der Waals surface area contributed by atoms with Gasteiger partial charge in [-0.3, -0.25) is 9.59 Å². The normalized spacial score (nSPS) is 10.5. The molecule has 1 heterocycles. The first-order valence-corrected chi connectivity index (χ1v) is 14.2. The number of carbonyl (C=O) groups is 3. The predicted molar refractivity (Wildman–Crippen MR) is 159 cm³/mol. The molecule has 0 spiro atoms. The summed E-state index contributed by atoms with van der Waals surface area (Å²) in [7, 11) is 3.04. The van der Waals surface area contributed by atoms with E-state index in [1.807, 2.05) is 41.8 Å². The molecule has 0 saturated heterocycles. The van der Waals surface area contributed by atoms with Gasteiger partial charge in [0.25, 0.3) is 5.91 Å². The van der Waals surface area contributed by atoms with Gasteiger partial charge < -0.3 is 24.8 Å². The Labute approximate surface area is 240 Å². The molecular weight excluding hydrogens is 548 g/mol. The molecule has 8 nitrogen and oxygen atoms in total. The summed E-state index contributed by atoms with van der Waals surface area (Å²) in [5, 5.41) is 8.02. The fourth-order valence-corrected chi connectivity index (χ4v) is 5.57. The molecule has 4 aromatic rings. The number of methoxy groups -OCH3 is 2. The Bertz CT molecular complexity index is 1500. The zero-order valence-electron chi connectivity index (χ0n) is 22.2. The number of amides is 2. The molecular formula is C30H28N2O6S2. The van der Waals surface area contributed by atoms with Gasteiger partial charge in [0.15, 0.2) is 11.5 Å². The Balaban J connectivity index is 1.41. The minimum absolute atomic E-state index is 0.105. The molecule has 0 bridgehead atoms. The average molecular weight is 577 g/mol. The van der Waals surface area contributed by atoms with E-state index in [-0.39, 0.29) is 24.2 Å². The third kappa shape index (κ3) is 7.02. The van der Waals surface area contributed by atoms with Gasteiger partial charge in [-0.1, -0.05) is 36.4 Å². The second-order valence-electron chi connectivity index (χ2n) is 8.33. The van der Waals surface area contributed by atoms with Crippen molar-refractivity contribution in [3.8, 4) is 22.6 Å². The molecule has 4 rings (SSSR count). The van der Waals surface area contributed by atoms with Gasteiger partial charge in [-0.05, 0) is 48.9 Å². The summed E-state index contributed by atoms with van der Waals surface area (Å²) in [6.07, 6.45) is 0. The minimum Gasteiger partial charge on any atom is -0.493 e. The molecule has 0 saturated carbocycles. The van der Waals surface area contributed by atoms with Crippen LogP contribution in [0.4, 0.5) is 10.7 Å². The third-order valence-corrected chi connectivity index (χ3v) is 7.61. The highest BCUT2D eigenvalue weighted by Gasteiger charge is 2.23. The maximum atomic E-state index is 12.9. The fraction of sp³-hybridized carbons (Fsp3) is 0.167. The van der Waals surface area contributed by atoms with Gasteiger partial charge >= 0.3 is 5.97 Å². The number of carbonyl (C=O) groups excluding carboxylic acids is 3. The molecule has 0 atom stereocenters. The number of ether oxygens (including phenoxy) is 3. The van der Waals surface area contributed by atoms with Gasteiger partial charge in [-0.25, -0.2) is 4.79 Å². The molecule has 10 heteroatoms. The van der Waals surface area contributed by atoms with Crippen molar-refractivity contribution < 1.29 is 28.6 Å². The van der Waals surface area contributed by atoms with Crippen molar-refractivity contribution in [2.24, 2.45) is 0 Å². The molecule has 0 aliphatic heterocycles.